The number of imide groups is 1. The molecule has 1 heterocycles. The number of fused-ring (bicyclic) bond motifs is 3. The number of hydrogen-bond donors (Lipinski definition) is 3. The Kier molecular flexibility index (Phi) is 5.73. The summed E-state index contributed by atoms with van der Waals surface area (Å²) in [6, 6.07) is 1.87. The highest BCUT2D eigenvalue weighted by atomic mass is 16.3. The van der Waals surface area contributed by atoms with Crippen molar-refractivity contribution in [3.05, 3.63) is 41.0 Å². The molecule has 0 bridgehead atoms. The molecule has 2 saturated carbocycles. The lowest BCUT2D eigenvalue weighted by atomic mass is 9.52. The van der Waals surface area contributed by atoms with Gasteiger partial charge in [0.1, 0.15) is 5.75 Å². The van der Waals surface area contributed by atoms with Gasteiger partial charge in [0.25, 0.3) is 11.8 Å². The van der Waals surface area contributed by atoms with Gasteiger partial charge < -0.3 is 15.9 Å². The van der Waals surface area contributed by atoms with Crippen molar-refractivity contribution in [3.63, 3.8) is 0 Å². The van der Waals surface area contributed by atoms with E-state index in [0.717, 1.165) is 17.1 Å². The molecule has 6 atom stereocenters. The van der Waals surface area contributed by atoms with Crippen molar-refractivity contribution >= 4 is 40.9 Å². The number of aromatic hydroxyl groups is 1. The molecule has 0 saturated heterocycles. The van der Waals surface area contributed by atoms with Gasteiger partial charge in [-0.25, -0.2) is 0 Å². The zero-order valence-electron chi connectivity index (χ0n) is 20.5. The number of benzene rings is 1. The van der Waals surface area contributed by atoms with Crippen molar-refractivity contribution in [1.29, 1.82) is 0 Å². The first-order valence-electron chi connectivity index (χ1n) is 12.0. The number of nitrogens with two attached hydrogens (primary N) is 1. The number of phenols is 1. The number of ketones is 4. The largest absolute Gasteiger partial charge is 0.507 e. The van der Waals surface area contributed by atoms with Gasteiger partial charge in [-0.05, 0) is 38.4 Å². The van der Waals surface area contributed by atoms with Crippen molar-refractivity contribution in [2.24, 2.45) is 29.4 Å². The lowest BCUT2D eigenvalue weighted by Gasteiger charge is -2.52. The number of amides is 3. The second-order valence-electron chi connectivity index (χ2n) is 10.5. The first kappa shape index (κ1) is 25.6. The van der Waals surface area contributed by atoms with Crippen LogP contribution in [0.2, 0.25) is 0 Å². The van der Waals surface area contributed by atoms with E-state index >= 15 is 0 Å². The van der Waals surface area contributed by atoms with E-state index in [0.29, 0.717) is 5.56 Å². The summed E-state index contributed by atoms with van der Waals surface area (Å²) in [6.07, 6.45) is 2.24. The van der Waals surface area contributed by atoms with Gasteiger partial charge in [-0.2, -0.15) is 0 Å². The maximum absolute atomic E-state index is 13.8. The van der Waals surface area contributed by atoms with Crippen LogP contribution in [0.15, 0.2) is 24.3 Å². The van der Waals surface area contributed by atoms with E-state index in [9.17, 15) is 43.8 Å². The Morgan fingerprint density at radius 1 is 1.08 bits per heavy atom. The molecule has 5 unspecified atom stereocenters. The quantitative estimate of drug-likeness (QED) is 0.302. The SMILES string of the molecule is CN(C)C1C(=O)C(C(N)=O)C(=O)[C@@]2(O)C(=O)C3C(=O)c4c(ccc(CN5C(=O)C=CC5=O)c4O)CC3CC12. The van der Waals surface area contributed by atoms with Crippen molar-refractivity contribution in [2.45, 2.75) is 31.0 Å². The zero-order valence-corrected chi connectivity index (χ0v) is 20.5. The number of carbonyl (C=O) groups excluding carboxylic acids is 7. The molecule has 0 aromatic heterocycles. The Bertz CT molecular complexity index is 1380. The van der Waals surface area contributed by atoms with Crippen LogP contribution in [0.1, 0.15) is 27.9 Å². The molecule has 0 spiro atoms. The highest BCUT2D eigenvalue weighted by Gasteiger charge is 2.69. The summed E-state index contributed by atoms with van der Waals surface area (Å²) in [5.41, 5.74) is 2.82. The fourth-order valence-corrected chi connectivity index (χ4v) is 6.51. The van der Waals surface area contributed by atoms with Crippen LogP contribution in [0.4, 0.5) is 0 Å². The standard InChI is InChI=1S/C26H25N3O9/c1-28(2)19-13-8-12-7-10-3-4-11(9-29-14(30)5-6-15(29)31)20(32)16(10)21(33)17(12)23(35)26(13,38)24(36)18(22(19)34)25(27)37/h3-6,12-13,17-19,32,38H,7-9H2,1-2H3,(H2,27,37)/t12?,13?,17?,18?,19?,26-/m0/s1. The van der Waals surface area contributed by atoms with Crippen LogP contribution >= 0.6 is 0 Å². The van der Waals surface area contributed by atoms with Crippen LogP contribution in [-0.4, -0.2) is 86.6 Å². The molecule has 12 nitrogen and oxygen atoms in total. The van der Waals surface area contributed by atoms with Crippen molar-refractivity contribution < 1.29 is 43.8 Å². The van der Waals surface area contributed by atoms with Crippen molar-refractivity contribution in [2.75, 3.05) is 14.1 Å². The topological polar surface area (TPSA) is 192 Å². The summed E-state index contributed by atoms with van der Waals surface area (Å²) in [5, 5.41) is 22.6. The fourth-order valence-electron chi connectivity index (χ4n) is 6.51. The van der Waals surface area contributed by atoms with Gasteiger partial charge in [-0.1, -0.05) is 12.1 Å². The molecule has 2 fully saturated rings. The van der Waals surface area contributed by atoms with Gasteiger partial charge in [0.2, 0.25) is 5.91 Å². The summed E-state index contributed by atoms with van der Waals surface area (Å²) < 4.78 is 0. The second-order valence-corrected chi connectivity index (χ2v) is 10.5. The van der Waals surface area contributed by atoms with E-state index in [-0.39, 0.29) is 30.5 Å². The number of likely N-dealkylation sites (N-methyl/N-ethyl adjacent to an activating group) is 1. The predicted octanol–water partition coefficient (Wildman–Crippen LogP) is -1.71. The number of hydrogen-bond acceptors (Lipinski definition) is 10. The number of nitrogens with zero attached hydrogens (tertiary/aromatic N) is 2. The zero-order chi connectivity index (χ0) is 27.8. The third-order valence-corrected chi connectivity index (χ3v) is 8.25. The molecule has 198 valence electrons. The first-order valence-corrected chi connectivity index (χ1v) is 12.0. The fraction of sp³-hybridized carbons (Fsp3) is 0.423. The molecule has 1 aromatic rings. The van der Waals surface area contributed by atoms with E-state index in [1.807, 2.05) is 0 Å². The molecule has 1 aliphatic heterocycles. The second kappa shape index (κ2) is 8.50. The highest BCUT2D eigenvalue weighted by Crippen LogP contribution is 2.50. The Hall–Kier alpha value is -4.03. The normalized spacial score (nSPS) is 32.5. The van der Waals surface area contributed by atoms with Crippen molar-refractivity contribution in [3.8, 4) is 5.75 Å². The van der Waals surface area contributed by atoms with E-state index < -0.39 is 81.9 Å². The smallest absolute Gasteiger partial charge is 0.253 e. The Morgan fingerprint density at radius 3 is 2.29 bits per heavy atom. The number of primary amides is 1. The van der Waals surface area contributed by atoms with E-state index in [1.54, 1.807) is 6.07 Å². The Labute approximate surface area is 216 Å². The van der Waals surface area contributed by atoms with Crippen molar-refractivity contribution in [1.82, 2.24) is 9.80 Å². The lowest BCUT2D eigenvalue weighted by molar-refractivity contribution is -0.181. The number of rotatable bonds is 4. The van der Waals surface area contributed by atoms with E-state index in [2.05, 4.69) is 0 Å². The molecular weight excluding hydrogens is 498 g/mol. The Morgan fingerprint density at radius 2 is 1.71 bits per heavy atom. The minimum atomic E-state index is -2.80. The van der Waals surface area contributed by atoms with E-state index in [1.165, 1.54) is 25.1 Å². The van der Waals surface area contributed by atoms with Gasteiger partial charge in [0.05, 0.1) is 24.1 Å². The van der Waals surface area contributed by atoms with Crippen LogP contribution in [0.25, 0.3) is 0 Å². The number of aliphatic hydroxyl groups is 1. The minimum absolute atomic E-state index is 0.0468. The molecular formula is C26H25N3O9. The number of carbonyl (C=O) groups is 7. The summed E-state index contributed by atoms with van der Waals surface area (Å²) in [4.78, 5) is 92.1. The van der Waals surface area contributed by atoms with Crippen LogP contribution < -0.4 is 5.73 Å². The highest BCUT2D eigenvalue weighted by molar-refractivity contribution is 6.32. The van der Waals surface area contributed by atoms with E-state index in [4.69, 9.17) is 5.73 Å². The van der Waals surface area contributed by atoms with Crippen LogP contribution in [0.5, 0.6) is 5.75 Å². The molecule has 5 rings (SSSR count). The van der Waals surface area contributed by atoms with Crippen LogP contribution in [0.3, 0.4) is 0 Å². The van der Waals surface area contributed by atoms with Gasteiger partial charge in [-0.15, -0.1) is 0 Å². The summed E-state index contributed by atoms with van der Waals surface area (Å²) in [5.74, 6) is -12.5. The predicted molar refractivity (Wildman–Crippen MR) is 126 cm³/mol. The third kappa shape index (κ3) is 3.33. The Balaban J connectivity index is 1.56. The molecule has 12 heteroatoms. The summed E-state index contributed by atoms with van der Waals surface area (Å²) in [6.45, 7) is -0.309. The monoisotopic (exact) mass is 523 g/mol. The van der Waals surface area contributed by atoms with Gasteiger partial charge in [0.15, 0.2) is 34.7 Å². The first-order chi connectivity index (χ1) is 17.8. The van der Waals surface area contributed by atoms with Gasteiger partial charge in [0, 0.05) is 23.6 Å². The van der Waals surface area contributed by atoms with Gasteiger partial charge >= 0.3 is 0 Å². The lowest BCUT2D eigenvalue weighted by Crippen LogP contribution is -2.74. The van der Waals surface area contributed by atoms with Crippen LogP contribution in [0, 0.1) is 23.7 Å². The number of phenolic OH excluding ortho intramolecular Hbond substituents is 1. The maximum Gasteiger partial charge on any atom is 0.253 e. The molecule has 3 amide bonds. The molecule has 0 radical (unpaired) electrons. The summed E-state index contributed by atoms with van der Waals surface area (Å²) >= 11 is 0. The average molecular weight is 523 g/mol. The molecule has 4 N–H and O–H groups in total. The molecule has 38 heavy (non-hydrogen) atoms. The molecule has 4 aliphatic rings. The number of Topliss-reactive ketones (excluding diaryl/α,β-unsaturated/α-hetero) is 4. The third-order valence-electron chi connectivity index (χ3n) is 8.25. The molecule has 1 aromatic carbocycles. The average Bonchev–Trinajstić information content (AvgIpc) is 3.14. The summed E-state index contributed by atoms with van der Waals surface area (Å²) in [7, 11) is 3.03. The van der Waals surface area contributed by atoms with Gasteiger partial charge in [-0.3, -0.25) is 43.4 Å². The minimum Gasteiger partial charge on any atom is -0.507 e. The van der Waals surface area contributed by atoms with Crippen LogP contribution in [-0.2, 0) is 41.7 Å². The molecule has 3 aliphatic carbocycles. The maximum atomic E-state index is 13.8.